The predicted octanol–water partition coefficient (Wildman–Crippen LogP) is 4.07. The number of nitrogens with zero attached hydrogens (tertiary/aromatic N) is 2. The molecule has 1 atom stereocenters. The smallest absolute Gasteiger partial charge is 0.244 e. The molecule has 3 aromatic carbocycles. The third kappa shape index (κ3) is 8.14. The van der Waals surface area contributed by atoms with Gasteiger partial charge in [0.25, 0.3) is 0 Å². The van der Waals surface area contributed by atoms with E-state index in [-0.39, 0.29) is 18.9 Å². The second-order valence-electron chi connectivity index (χ2n) is 9.25. The quantitative estimate of drug-likeness (QED) is 0.376. The number of anilines is 1. The molecule has 2 amide bonds. The van der Waals surface area contributed by atoms with Crippen LogP contribution in [0.5, 0.6) is 0 Å². The van der Waals surface area contributed by atoms with Crippen LogP contribution in [0, 0.1) is 12.7 Å². The van der Waals surface area contributed by atoms with Crippen LogP contribution in [0.2, 0.25) is 0 Å². The molecule has 202 valence electrons. The first-order valence-corrected chi connectivity index (χ1v) is 14.3. The minimum Gasteiger partial charge on any atom is -0.354 e. The molecule has 3 rings (SSSR count). The van der Waals surface area contributed by atoms with Crippen molar-refractivity contribution in [3.63, 3.8) is 0 Å². The average molecular weight is 540 g/mol. The van der Waals surface area contributed by atoms with Gasteiger partial charge in [0, 0.05) is 19.5 Å². The number of hydrogen-bond donors (Lipinski definition) is 1. The van der Waals surface area contributed by atoms with Gasteiger partial charge in [-0.15, -0.1) is 0 Å². The summed E-state index contributed by atoms with van der Waals surface area (Å²) in [5.74, 6) is -1.31. The van der Waals surface area contributed by atoms with Gasteiger partial charge < -0.3 is 10.2 Å². The Kier molecular flexibility index (Phi) is 10.0. The van der Waals surface area contributed by atoms with E-state index < -0.39 is 34.3 Å². The van der Waals surface area contributed by atoms with Crippen LogP contribution in [0.15, 0.2) is 78.9 Å². The lowest BCUT2D eigenvalue weighted by Crippen LogP contribution is -2.53. The number of benzene rings is 3. The number of amides is 2. The molecule has 0 aliphatic rings. The van der Waals surface area contributed by atoms with Crippen LogP contribution >= 0.6 is 0 Å². The highest BCUT2D eigenvalue weighted by Crippen LogP contribution is 2.21. The number of carbonyl (C=O) groups excluding carboxylic acids is 2. The third-order valence-corrected chi connectivity index (χ3v) is 7.23. The number of carbonyl (C=O) groups is 2. The van der Waals surface area contributed by atoms with Gasteiger partial charge in [0.1, 0.15) is 18.4 Å². The van der Waals surface area contributed by atoms with Crippen molar-refractivity contribution >= 4 is 27.5 Å². The molecule has 38 heavy (non-hydrogen) atoms. The van der Waals surface area contributed by atoms with Crippen molar-refractivity contribution in [1.82, 2.24) is 10.2 Å². The molecule has 0 aromatic heterocycles. The standard InChI is InChI=1S/C29H34FN3O4S/c1-4-18-31-29(35)27(19-23-8-6-5-7-9-23)32(20-24-12-14-25(30)15-13-24)28(34)21-33(38(3,36)37)26-16-10-22(2)11-17-26/h5-17,27H,4,18-21H2,1-3H3,(H,31,35)/t27-/m0/s1. The van der Waals surface area contributed by atoms with Gasteiger partial charge in [-0.25, -0.2) is 12.8 Å². The van der Waals surface area contributed by atoms with Gasteiger partial charge in [-0.05, 0) is 48.7 Å². The summed E-state index contributed by atoms with van der Waals surface area (Å²) in [6.07, 6.45) is 1.98. The van der Waals surface area contributed by atoms with Crippen molar-refractivity contribution in [2.75, 3.05) is 23.7 Å². The predicted molar refractivity (Wildman–Crippen MR) is 148 cm³/mol. The van der Waals surface area contributed by atoms with E-state index in [1.165, 1.54) is 17.0 Å². The summed E-state index contributed by atoms with van der Waals surface area (Å²) < 4.78 is 40.1. The zero-order valence-corrected chi connectivity index (χ0v) is 22.7. The zero-order valence-electron chi connectivity index (χ0n) is 21.9. The number of sulfonamides is 1. The summed E-state index contributed by atoms with van der Waals surface area (Å²) in [6, 6.07) is 20.9. The third-order valence-electron chi connectivity index (χ3n) is 6.09. The number of nitrogens with one attached hydrogen (secondary N) is 1. The number of halogens is 1. The van der Waals surface area contributed by atoms with Crippen molar-refractivity contribution in [3.8, 4) is 0 Å². The maximum Gasteiger partial charge on any atom is 0.244 e. The normalized spacial score (nSPS) is 12.0. The van der Waals surface area contributed by atoms with Gasteiger partial charge in [0.05, 0.1) is 11.9 Å². The van der Waals surface area contributed by atoms with Crippen molar-refractivity contribution in [1.29, 1.82) is 0 Å². The molecule has 0 bridgehead atoms. The Bertz CT molecular complexity index is 1310. The highest BCUT2D eigenvalue weighted by Gasteiger charge is 2.32. The first-order chi connectivity index (χ1) is 18.1. The van der Waals surface area contributed by atoms with E-state index in [1.54, 1.807) is 36.4 Å². The Morgan fingerprint density at radius 1 is 0.921 bits per heavy atom. The lowest BCUT2D eigenvalue weighted by molar-refractivity contribution is -0.140. The molecule has 0 aliphatic carbocycles. The highest BCUT2D eigenvalue weighted by molar-refractivity contribution is 7.92. The molecule has 0 fully saturated rings. The number of rotatable bonds is 12. The van der Waals surface area contributed by atoms with E-state index >= 15 is 0 Å². The van der Waals surface area contributed by atoms with Gasteiger partial charge in [0.15, 0.2) is 0 Å². The van der Waals surface area contributed by atoms with Crippen molar-refractivity contribution in [2.24, 2.45) is 0 Å². The molecule has 0 aliphatic heterocycles. The first-order valence-electron chi connectivity index (χ1n) is 12.5. The van der Waals surface area contributed by atoms with Crippen LogP contribution in [-0.4, -0.2) is 50.5 Å². The molecule has 0 saturated carbocycles. The highest BCUT2D eigenvalue weighted by atomic mass is 32.2. The summed E-state index contributed by atoms with van der Waals surface area (Å²) in [5, 5.41) is 2.88. The van der Waals surface area contributed by atoms with Gasteiger partial charge in [-0.1, -0.05) is 67.1 Å². The summed E-state index contributed by atoms with van der Waals surface area (Å²) in [5.41, 5.74) is 2.76. The lowest BCUT2D eigenvalue weighted by atomic mass is 10.0. The SMILES string of the molecule is CCCNC(=O)[C@H](Cc1ccccc1)N(Cc1ccc(F)cc1)C(=O)CN(c1ccc(C)cc1)S(C)(=O)=O. The van der Waals surface area contributed by atoms with Crippen molar-refractivity contribution in [2.45, 2.75) is 39.3 Å². The Hall–Kier alpha value is -3.72. The van der Waals surface area contributed by atoms with Crippen LogP contribution in [-0.2, 0) is 32.6 Å². The lowest BCUT2D eigenvalue weighted by Gasteiger charge is -2.33. The van der Waals surface area contributed by atoms with Crippen molar-refractivity contribution < 1.29 is 22.4 Å². The minimum atomic E-state index is -3.82. The summed E-state index contributed by atoms with van der Waals surface area (Å²) >= 11 is 0. The van der Waals surface area contributed by atoms with Crippen molar-refractivity contribution in [3.05, 3.63) is 101 Å². The van der Waals surface area contributed by atoms with E-state index in [2.05, 4.69) is 5.32 Å². The molecule has 0 unspecified atom stereocenters. The topological polar surface area (TPSA) is 86.8 Å². The number of hydrogen-bond acceptors (Lipinski definition) is 4. The molecule has 9 heteroatoms. The zero-order chi connectivity index (χ0) is 27.7. The molecular formula is C29H34FN3O4S. The largest absolute Gasteiger partial charge is 0.354 e. The summed E-state index contributed by atoms with van der Waals surface area (Å²) in [6.45, 7) is 3.76. The second-order valence-corrected chi connectivity index (χ2v) is 11.2. The second kappa shape index (κ2) is 13.2. The molecule has 0 saturated heterocycles. The van der Waals surface area contributed by atoms with E-state index in [0.717, 1.165) is 21.7 Å². The minimum absolute atomic E-state index is 0.00165. The van der Waals surface area contributed by atoms with Gasteiger partial charge in [-0.2, -0.15) is 0 Å². The van der Waals surface area contributed by atoms with Crippen LogP contribution in [0.25, 0.3) is 0 Å². The molecule has 0 spiro atoms. The molecule has 7 nitrogen and oxygen atoms in total. The van der Waals surface area contributed by atoms with Gasteiger partial charge >= 0.3 is 0 Å². The molecule has 0 radical (unpaired) electrons. The molecule has 1 N–H and O–H groups in total. The van der Waals surface area contributed by atoms with Gasteiger partial charge in [0.2, 0.25) is 21.8 Å². The first kappa shape index (κ1) is 28.8. The Labute approximate surface area is 224 Å². The molecule has 0 heterocycles. The van der Waals surface area contributed by atoms with Crippen LogP contribution in [0.4, 0.5) is 10.1 Å². The Morgan fingerprint density at radius 3 is 2.13 bits per heavy atom. The van der Waals surface area contributed by atoms with E-state index in [0.29, 0.717) is 24.2 Å². The maximum atomic E-state index is 13.9. The van der Waals surface area contributed by atoms with Gasteiger partial charge in [-0.3, -0.25) is 13.9 Å². The molecule has 3 aromatic rings. The summed E-state index contributed by atoms with van der Waals surface area (Å²) in [4.78, 5) is 28.7. The maximum absolute atomic E-state index is 13.9. The Morgan fingerprint density at radius 2 is 1.55 bits per heavy atom. The van der Waals surface area contributed by atoms with E-state index in [9.17, 15) is 22.4 Å². The van der Waals surface area contributed by atoms with Crippen LogP contribution < -0.4 is 9.62 Å². The number of aryl methyl sites for hydroxylation is 1. The summed E-state index contributed by atoms with van der Waals surface area (Å²) in [7, 11) is -3.82. The van der Waals surface area contributed by atoms with E-state index in [4.69, 9.17) is 0 Å². The van der Waals surface area contributed by atoms with E-state index in [1.807, 2.05) is 44.2 Å². The van der Waals surface area contributed by atoms with Crippen LogP contribution in [0.1, 0.15) is 30.0 Å². The average Bonchev–Trinajstić information content (AvgIpc) is 2.89. The van der Waals surface area contributed by atoms with Crippen LogP contribution in [0.3, 0.4) is 0 Å². The fourth-order valence-electron chi connectivity index (χ4n) is 4.03. The fourth-order valence-corrected chi connectivity index (χ4v) is 4.88. The molecular weight excluding hydrogens is 505 g/mol. The monoisotopic (exact) mass is 539 g/mol. The fraction of sp³-hybridized carbons (Fsp3) is 0.310. The Balaban J connectivity index is 2.02.